The van der Waals surface area contributed by atoms with Crippen molar-refractivity contribution in [3.63, 3.8) is 0 Å². The molecule has 1 fully saturated rings. The molecule has 1 saturated heterocycles. The first-order valence-electron chi connectivity index (χ1n) is 11.4. The molecule has 0 aliphatic carbocycles. The lowest BCUT2D eigenvalue weighted by Gasteiger charge is -2.41. The molecule has 0 aromatic carbocycles. The normalized spacial score (nSPS) is 20.5. The van der Waals surface area contributed by atoms with Gasteiger partial charge in [0.05, 0.1) is 12.1 Å². The molecule has 0 aromatic rings. The molecule has 1 aliphatic heterocycles. The van der Waals surface area contributed by atoms with Crippen molar-refractivity contribution in [2.24, 2.45) is 11.3 Å². The zero-order valence-electron chi connectivity index (χ0n) is 20.9. The van der Waals surface area contributed by atoms with Gasteiger partial charge in [-0.25, -0.2) is 4.79 Å². The summed E-state index contributed by atoms with van der Waals surface area (Å²) in [5.74, 6) is -1.29. The SMILES string of the molecule is C/C(=C\[C@@H](C(C)C)N(C)C(=O)[C@@H](NC(=O)[C@H]1CCCCN1C(C)C)C(C)(C)C)C(=O)O. The quantitative estimate of drug-likeness (QED) is 0.569. The van der Waals surface area contributed by atoms with Crippen LogP contribution < -0.4 is 5.32 Å². The Hall–Kier alpha value is -1.89. The van der Waals surface area contributed by atoms with Crippen LogP contribution in [0.2, 0.25) is 0 Å². The molecule has 178 valence electrons. The highest BCUT2D eigenvalue weighted by atomic mass is 16.4. The first-order chi connectivity index (χ1) is 14.2. The topological polar surface area (TPSA) is 90.0 Å². The minimum atomic E-state index is -1.00. The lowest BCUT2D eigenvalue weighted by molar-refractivity contribution is -0.142. The van der Waals surface area contributed by atoms with Gasteiger partial charge in [-0.05, 0) is 51.5 Å². The molecule has 3 atom stereocenters. The Morgan fingerprint density at radius 3 is 2.16 bits per heavy atom. The van der Waals surface area contributed by atoms with Crippen molar-refractivity contribution >= 4 is 17.8 Å². The zero-order valence-corrected chi connectivity index (χ0v) is 20.9. The number of hydrogen-bond acceptors (Lipinski definition) is 4. The number of hydrogen-bond donors (Lipinski definition) is 2. The second kappa shape index (κ2) is 11.1. The van der Waals surface area contributed by atoms with Crippen LogP contribution >= 0.6 is 0 Å². The summed E-state index contributed by atoms with van der Waals surface area (Å²) in [6.07, 6.45) is 4.50. The summed E-state index contributed by atoms with van der Waals surface area (Å²) in [5, 5.41) is 12.3. The number of carbonyl (C=O) groups excluding carboxylic acids is 2. The van der Waals surface area contributed by atoms with Crippen LogP contribution in [0.5, 0.6) is 0 Å². The number of nitrogens with one attached hydrogen (secondary N) is 1. The Balaban J connectivity index is 3.15. The number of carboxylic acid groups (broad SMARTS) is 1. The Morgan fingerprint density at radius 1 is 1.13 bits per heavy atom. The highest BCUT2D eigenvalue weighted by Crippen LogP contribution is 2.25. The molecule has 31 heavy (non-hydrogen) atoms. The number of carbonyl (C=O) groups is 3. The van der Waals surface area contributed by atoms with Crippen LogP contribution in [0.4, 0.5) is 0 Å². The van der Waals surface area contributed by atoms with Gasteiger partial charge in [-0.2, -0.15) is 0 Å². The fourth-order valence-corrected chi connectivity index (χ4v) is 4.17. The first-order valence-corrected chi connectivity index (χ1v) is 11.4. The molecule has 0 spiro atoms. The van der Waals surface area contributed by atoms with Gasteiger partial charge in [0.1, 0.15) is 6.04 Å². The highest BCUT2D eigenvalue weighted by molar-refractivity contribution is 5.91. The molecule has 1 aliphatic rings. The summed E-state index contributed by atoms with van der Waals surface area (Å²) in [6.45, 7) is 16.3. The summed E-state index contributed by atoms with van der Waals surface area (Å²) in [7, 11) is 1.69. The van der Waals surface area contributed by atoms with Gasteiger partial charge in [-0.3, -0.25) is 14.5 Å². The standard InChI is InChI=1S/C24H43N3O4/c1-15(2)19(14-17(5)23(30)31)26(9)22(29)20(24(6,7)8)25-21(28)18-12-10-11-13-27(18)16(3)4/h14-16,18-20H,10-13H2,1-9H3,(H,25,28)(H,30,31)/b17-14+/t18-,19+,20-/m1/s1. The van der Waals surface area contributed by atoms with Gasteiger partial charge in [-0.15, -0.1) is 0 Å². The average Bonchev–Trinajstić information content (AvgIpc) is 2.67. The number of aliphatic carboxylic acids is 1. The fraction of sp³-hybridized carbons (Fsp3) is 0.792. The van der Waals surface area contributed by atoms with E-state index in [1.165, 1.54) is 6.92 Å². The molecule has 7 nitrogen and oxygen atoms in total. The molecule has 0 saturated carbocycles. The van der Waals surface area contributed by atoms with E-state index < -0.39 is 17.4 Å². The van der Waals surface area contributed by atoms with E-state index in [0.29, 0.717) is 0 Å². The monoisotopic (exact) mass is 437 g/mol. The van der Waals surface area contributed by atoms with Crippen molar-refractivity contribution < 1.29 is 19.5 Å². The van der Waals surface area contributed by atoms with E-state index in [1.54, 1.807) is 18.0 Å². The predicted molar refractivity (Wildman–Crippen MR) is 124 cm³/mol. The summed E-state index contributed by atoms with van der Waals surface area (Å²) in [4.78, 5) is 41.9. The van der Waals surface area contributed by atoms with Crippen molar-refractivity contribution in [3.05, 3.63) is 11.6 Å². The maximum absolute atomic E-state index is 13.5. The van der Waals surface area contributed by atoms with Crippen LogP contribution in [0.25, 0.3) is 0 Å². The van der Waals surface area contributed by atoms with Crippen molar-refractivity contribution in [2.45, 2.75) is 98.8 Å². The van der Waals surface area contributed by atoms with E-state index >= 15 is 0 Å². The molecule has 7 heteroatoms. The zero-order chi connectivity index (χ0) is 24.1. The average molecular weight is 438 g/mol. The third kappa shape index (κ3) is 7.34. The van der Waals surface area contributed by atoms with Gasteiger partial charge in [0.15, 0.2) is 0 Å². The van der Waals surface area contributed by atoms with Crippen LogP contribution in [-0.4, -0.2) is 70.4 Å². The molecule has 0 radical (unpaired) electrons. The minimum absolute atomic E-state index is 0.0225. The largest absolute Gasteiger partial charge is 0.478 e. The second-order valence-electron chi connectivity index (χ2n) is 10.5. The third-order valence-corrected chi connectivity index (χ3v) is 6.15. The van der Waals surface area contributed by atoms with Crippen molar-refractivity contribution in [1.82, 2.24) is 15.1 Å². The van der Waals surface area contributed by atoms with E-state index in [1.807, 2.05) is 34.6 Å². The number of rotatable bonds is 8. The van der Waals surface area contributed by atoms with Crippen molar-refractivity contribution in [1.29, 1.82) is 0 Å². The molecule has 1 rings (SSSR count). The molecule has 0 aromatic heterocycles. The van der Waals surface area contributed by atoms with Gasteiger partial charge in [0.25, 0.3) is 0 Å². The number of nitrogens with zero attached hydrogens (tertiary/aromatic N) is 2. The summed E-state index contributed by atoms with van der Waals surface area (Å²) < 4.78 is 0. The Kier molecular flexibility index (Phi) is 9.73. The summed E-state index contributed by atoms with van der Waals surface area (Å²) in [5.41, 5.74) is -0.296. The number of carboxylic acids is 1. The lowest BCUT2D eigenvalue weighted by atomic mass is 9.84. The number of piperidine rings is 1. The van der Waals surface area contributed by atoms with Gasteiger partial charge in [-0.1, -0.05) is 47.1 Å². The molecular weight excluding hydrogens is 394 g/mol. The fourth-order valence-electron chi connectivity index (χ4n) is 4.17. The van der Waals surface area contributed by atoms with Crippen LogP contribution in [0.3, 0.4) is 0 Å². The Morgan fingerprint density at radius 2 is 1.71 bits per heavy atom. The summed E-state index contributed by atoms with van der Waals surface area (Å²) in [6, 6.07) is -1.06. The molecule has 0 bridgehead atoms. The maximum Gasteiger partial charge on any atom is 0.331 e. The number of amides is 2. The van der Waals surface area contributed by atoms with Crippen molar-refractivity contribution in [2.75, 3.05) is 13.6 Å². The van der Waals surface area contributed by atoms with E-state index in [-0.39, 0.29) is 41.4 Å². The van der Waals surface area contributed by atoms with Crippen molar-refractivity contribution in [3.8, 4) is 0 Å². The van der Waals surface area contributed by atoms with E-state index in [2.05, 4.69) is 24.1 Å². The lowest BCUT2D eigenvalue weighted by Crippen LogP contribution is -2.60. The van der Waals surface area contributed by atoms with Crippen LogP contribution in [-0.2, 0) is 14.4 Å². The van der Waals surface area contributed by atoms with E-state index in [0.717, 1.165) is 25.8 Å². The third-order valence-electron chi connectivity index (χ3n) is 6.15. The van der Waals surface area contributed by atoms with Crippen LogP contribution in [0.15, 0.2) is 11.6 Å². The molecule has 0 unspecified atom stereocenters. The molecule has 2 amide bonds. The van der Waals surface area contributed by atoms with E-state index in [4.69, 9.17) is 0 Å². The number of likely N-dealkylation sites (tertiary alicyclic amines) is 1. The molecular formula is C24H43N3O4. The van der Waals surface area contributed by atoms with Crippen LogP contribution in [0, 0.1) is 11.3 Å². The first kappa shape index (κ1) is 27.1. The smallest absolute Gasteiger partial charge is 0.331 e. The number of likely N-dealkylation sites (N-methyl/N-ethyl adjacent to an activating group) is 1. The predicted octanol–water partition coefficient (Wildman–Crippen LogP) is 3.29. The Labute approximate surface area is 188 Å². The van der Waals surface area contributed by atoms with Gasteiger partial charge >= 0.3 is 5.97 Å². The minimum Gasteiger partial charge on any atom is -0.478 e. The highest BCUT2D eigenvalue weighted by Gasteiger charge is 2.39. The van der Waals surface area contributed by atoms with E-state index in [9.17, 15) is 19.5 Å². The molecule has 2 N–H and O–H groups in total. The van der Waals surface area contributed by atoms with Gasteiger partial charge < -0.3 is 15.3 Å². The van der Waals surface area contributed by atoms with Crippen LogP contribution in [0.1, 0.15) is 74.7 Å². The second-order valence-corrected chi connectivity index (χ2v) is 10.5. The maximum atomic E-state index is 13.5. The van der Waals surface area contributed by atoms with Gasteiger partial charge in [0.2, 0.25) is 11.8 Å². The molecule has 1 heterocycles. The summed E-state index contributed by atoms with van der Waals surface area (Å²) >= 11 is 0. The Bertz CT molecular complexity index is 679. The van der Waals surface area contributed by atoms with Gasteiger partial charge in [0, 0.05) is 18.7 Å².